The van der Waals surface area contributed by atoms with Gasteiger partial charge in [-0.05, 0) is 6.92 Å². The third kappa shape index (κ3) is 10.3. The van der Waals surface area contributed by atoms with Crippen LogP contribution in [0.2, 0.25) is 0 Å². The first-order chi connectivity index (χ1) is 3.06. The molecule has 0 aliphatic rings. The van der Waals surface area contributed by atoms with Crippen molar-refractivity contribution in [2.75, 3.05) is 6.61 Å². The smallest absolute Gasteiger partial charge is 0.368 e. The van der Waals surface area contributed by atoms with Crippen LogP contribution in [0.5, 0.6) is 0 Å². The van der Waals surface area contributed by atoms with Crippen LogP contribution in [0, 0.1) is 35.6 Å². The quantitative estimate of drug-likeness (QED) is 0.527. The standard InChI is InChI=1S/C2H8O4Si.La/c1-2-6-7(3,4)5;/h3-5H,2H2,1H3;. The molecule has 0 amide bonds. The first kappa shape index (κ1) is 12.0. The van der Waals surface area contributed by atoms with Crippen LogP contribution in [0.4, 0.5) is 0 Å². The Labute approximate surface area is 76.6 Å². The van der Waals surface area contributed by atoms with Crippen molar-refractivity contribution in [2.24, 2.45) is 0 Å². The van der Waals surface area contributed by atoms with Gasteiger partial charge >= 0.3 is 9.05 Å². The molecule has 0 aromatic rings. The molecule has 0 aliphatic heterocycles. The second kappa shape index (κ2) is 5.07. The summed E-state index contributed by atoms with van der Waals surface area (Å²) in [6.07, 6.45) is 0. The van der Waals surface area contributed by atoms with E-state index in [1.54, 1.807) is 6.92 Å². The molecule has 0 heterocycles. The fourth-order valence-electron chi connectivity index (χ4n) is 0.194. The number of rotatable bonds is 2. The number of hydrogen-bond acceptors (Lipinski definition) is 4. The molecular weight excluding hydrogens is 255 g/mol. The third-order valence-corrected chi connectivity index (χ3v) is 1.01. The Balaban J connectivity index is 0. The predicted octanol–water partition coefficient (Wildman–Crippen LogP) is -1.56. The first-order valence-corrected chi connectivity index (χ1v) is 3.62. The van der Waals surface area contributed by atoms with Crippen molar-refractivity contribution in [1.82, 2.24) is 0 Å². The molecule has 3 N–H and O–H groups in total. The Morgan fingerprint density at radius 3 is 1.75 bits per heavy atom. The molecule has 0 bridgehead atoms. The van der Waals surface area contributed by atoms with Gasteiger partial charge < -0.3 is 18.8 Å². The van der Waals surface area contributed by atoms with E-state index in [1.165, 1.54) is 0 Å². The molecule has 0 atom stereocenters. The van der Waals surface area contributed by atoms with Crippen molar-refractivity contribution in [3.05, 3.63) is 0 Å². The molecule has 0 spiro atoms. The molecule has 0 fully saturated rings. The van der Waals surface area contributed by atoms with Gasteiger partial charge in [-0.15, -0.1) is 0 Å². The molecule has 0 saturated heterocycles. The normalized spacial score (nSPS) is 10.5. The largest absolute Gasteiger partial charge is 0.671 e. The van der Waals surface area contributed by atoms with Crippen LogP contribution < -0.4 is 0 Å². The van der Waals surface area contributed by atoms with Gasteiger partial charge in [0.1, 0.15) is 0 Å². The van der Waals surface area contributed by atoms with Crippen LogP contribution in [-0.2, 0) is 4.43 Å². The van der Waals surface area contributed by atoms with Crippen LogP contribution in [0.1, 0.15) is 6.92 Å². The molecule has 1 radical (unpaired) electrons. The average molecular weight is 263 g/mol. The van der Waals surface area contributed by atoms with Crippen LogP contribution in [-0.4, -0.2) is 30.0 Å². The zero-order chi connectivity index (χ0) is 5.91. The fraction of sp³-hybridized carbons (Fsp3) is 1.00. The zero-order valence-electron chi connectivity index (χ0n) is 4.53. The summed E-state index contributed by atoms with van der Waals surface area (Å²) in [6.45, 7) is 1.68. The minimum atomic E-state index is -4.16. The summed E-state index contributed by atoms with van der Waals surface area (Å²) >= 11 is 0. The zero-order valence-corrected chi connectivity index (χ0v) is 9.16. The second-order valence-corrected chi connectivity index (χ2v) is 2.44. The molecule has 0 saturated carbocycles. The third-order valence-electron chi connectivity index (χ3n) is 0.338. The Morgan fingerprint density at radius 2 is 1.75 bits per heavy atom. The van der Waals surface area contributed by atoms with Crippen molar-refractivity contribution in [2.45, 2.75) is 6.92 Å². The van der Waals surface area contributed by atoms with Gasteiger partial charge in [0.2, 0.25) is 0 Å². The first-order valence-electron chi connectivity index (χ1n) is 1.87. The van der Waals surface area contributed by atoms with E-state index in [1.807, 2.05) is 0 Å². The van der Waals surface area contributed by atoms with Gasteiger partial charge in [0.25, 0.3) is 0 Å². The van der Waals surface area contributed by atoms with Gasteiger partial charge in [-0.1, -0.05) is 0 Å². The molecule has 6 heteroatoms. The molecule has 0 aromatic carbocycles. The Bertz CT molecular complexity index is 52.5. The summed E-state index contributed by atoms with van der Waals surface area (Å²) in [4.78, 5) is 24.1. The van der Waals surface area contributed by atoms with Gasteiger partial charge in [-0.25, -0.2) is 0 Å². The van der Waals surface area contributed by atoms with E-state index in [2.05, 4.69) is 4.43 Å². The maximum atomic E-state index is 8.05. The Morgan fingerprint density at radius 1 is 1.38 bits per heavy atom. The van der Waals surface area contributed by atoms with Crippen LogP contribution in [0.25, 0.3) is 0 Å². The van der Waals surface area contributed by atoms with Crippen molar-refractivity contribution in [3.8, 4) is 0 Å². The topological polar surface area (TPSA) is 69.9 Å². The van der Waals surface area contributed by atoms with Crippen molar-refractivity contribution < 1.29 is 54.4 Å². The summed E-state index contributed by atoms with van der Waals surface area (Å²) in [6, 6.07) is 0. The van der Waals surface area contributed by atoms with E-state index < -0.39 is 9.05 Å². The van der Waals surface area contributed by atoms with E-state index in [0.717, 1.165) is 0 Å². The van der Waals surface area contributed by atoms with E-state index >= 15 is 0 Å². The molecule has 0 rings (SSSR count). The summed E-state index contributed by atoms with van der Waals surface area (Å²) in [5.41, 5.74) is 0. The van der Waals surface area contributed by atoms with Crippen molar-refractivity contribution in [3.63, 3.8) is 0 Å². The van der Waals surface area contributed by atoms with E-state index in [4.69, 9.17) is 14.4 Å². The van der Waals surface area contributed by atoms with Crippen molar-refractivity contribution in [1.29, 1.82) is 0 Å². The second-order valence-electron chi connectivity index (χ2n) is 1.01. The van der Waals surface area contributed by atoms with E-state index in [0.29, 0.717) is 0 Å². The molecular formula is C2H8LaO4Si. The monoisotopic (exact) mass is 263 g/mol. The molecule has 0 unspecified atom stereocenters. The molecule has 8 heavy (non-hydrogen) atoms. The van der Waals surface area contributed by atoms with E-state index in [9.17, 15) is 0 Å². The maximum Gasteiger partial charge on any atom is 0.671 e. The summed E-state index contributed by atoms with van der Waals surface area (Å²) in [7, 11) is -4.16. The molecule has 0 aromatic heterocycles. The van der Waals surface area contributed by atoms with Gasteiger partial charge in [0, 0.05) is 42.2 Å². The molecule has 4 nitrogen and oxygen atoms in total. The summed E-state index contributed by atoms with van der Waals surface area (Å²) in [5, 5.41) is 0. The maximum absolute atomic E-state index is 8.05. The van der Waals surface area contributed by atoms with Crippen LogP contribution in [0.15, 0.2) is 0 Å². The molecule has 47 valence electrons. The summed E-state index contributed by atoms with van der Waals surface area (Å²) in [5.74, 6) is 0. The van der Waals surface area contributed by atoms with Crippen LogP contribution >= 0.6 is 0 Å². The minimum Gasteiger partial charge on any atom is -0.368 e. The van der Waals surface area contributed by atoms with Gasteiger partial charge in [-0.3, -0.25) is 0 Å². The number of hydrogen-bond donors (Lipinski definition) is 3. The predicted molar refractivity (Wildman–Crippen MR) is 24.0 cm³/mol. The van der Waals surface area contributed by atoms with Gasteiger partial charge in [0.05, 0.1) is 0 Å². The van der Waals surface area contributed by atoms with E-state index in [-0.39, 0.29) is 42.2 Å². The summed E-state index contributed by atoms with van der Waals surface area (Å²) < 4.78 is 4.03. The van der Waals surface area contributed by atoms with Crippen LogP contribution in [0.3, 0.4) is 0 Å². The SMILES string of the molecule is CCO[Si](O)(O)O.[La]. The molecule has 0 aliphatic carbocycles. The Hall–Kier alpha value is 1.25. The minimum absolute atomic E-state index is 0. The van der Waals surface area contributed by atoms with Crippen molar-refractivity contribution >= 4 is 9.05 Å². The average Bonchev–Trinajstić information content (AvgIpc) is 1.30. The van der Waals surface area contributed by atoms with Gasteiger partial charge in [0.15, 0.2) is 0 Å². The fourth-order valence-corrected chi connectivity index (χ4v) is 0.581. The van der Waals surface area contributed by atoms with Gasteiger partial charge in [-0.2, -0.15) is 0 Å². The Kier molecular flexibility index (Phi) is 7.59.